The van der Waals surface area contributed by atoms with E-state index in [-0.39, 0.29) is 6.04 Å². The van der Waals surface area contributed by atoms with Crippen molar-refractivity contribution < 1.29 is 0 Å². The van der Waals surface area contributed by atoms with Crippen LogP contribution in [0.2, 0.25) is 0 Å². The molecule has 3 heteroatoms. The second-order valence-corrected chi connectivity index (χ2v) is 4.45. The second kappa shape index (κ2) is 4.13. The van der Waals surface area contributed by atoms with Crippen LogP contribution in [0.25, 0.3) is 0 Å². The van der Waals surface area contributed by atoms with Crippen molar-refractivity contribution in [2.45, 2.75) is 51.1 Å². The number of nitrogens with zero attached hydrogens (tertiary/aromatic N) is 2. The topological polar surface area (TPSA) is 43.8 Å². The number of aromatic nitrogens is 2. The molecule has 1 aromatic heterocycles. The van der Waals surface area contributed by atoms with Crippen molar-refractivity contribution >= 4 is 0 Å². The molecule has 2 rings (SSSR count). The lowest BCUT2D eigenvalue weighted by Crippen LogP contribution is -2.17. The van der Waals surface area contributed by atoms with Crippen LogP contribution in [0.15, 0.2) is 12.4 Å². The van der Waals surface area contributed by atoms with E-state index in [4.69, 9.17) is 5.73 Å². The Kier molecular flexibility index (Phi) is 2.87. The van der Waals surface area contributed by atoms with E-state index >= 15 is 0 Å². The third kappa shape index (κ3) is 2.15. The molecule has 14 heavy (non-hydrogen) atoms. The van der Waals surface area contributed by atoms with Crippen LogP contribution in [-0.4, -0.2) is 15.8 Å². The molecule has 0 spiro atoms. The van der Waals surface area contributed by atoms with Crippen LogP contribution in [0.5, 0.6) is 0 Å². The molecule has 0 bridgehead atoms. The maximum Gasteiger partial charge on any atom is 0.0522 e. The standard InChI is InChI=1S/C11H19N3/c1-9(12)6-10-7-13-14(8-10)11-4-2-3-5-11/h7-9,11H,2-6,12H2,1H3. The largest absolute Gasteiger partial charge is 0.328 e. The van der Waals surface area contributed by atoms with Crippen molar-refractivity contribution in [1.82, 2.24) is 9.78 Å². The Hall–Kier alpha value is -0.830. The average Bonchev–Trinajstić information content (AvgIpc) is 2.69. The van der Waals surface area contributed by atoms with E-state index in [1.54, 1.807) is 0 Å². The Morgan fingerprint density at radius 1 is 1.57 bits per heavy atom. The predicted molar refractivity (Wildman–Crippen MR) is 57.1 cm³/mol. The van der Waals surface area contributed by atoms with E-state index in [0.717, 1.165) is 6.42 Å². The fourth-order valence-electron chi connectivity index (χ4n) is 2.22. The Balaban J connectivity index is 2.01. The van der Waals surface area contributed by atoms with Crippen molar-refractivity contribution in [1.29, 1.82) is 0 Å². The van der Waals surface area contributed by atoms with E-state index in [9.17, 15) is 0 Å². The highest BCUT2D eigenvalue weighted by atomic mass is 15.3. The molecule has 1 aromatic rings. The first kappa shape index (κ1) is 9.71. The molecule has 0 amide bonds. The molecule has 78 valence electrons. The first-order chi connectivity index (χ1) is 6.75. The SMILES string of the molecule is CC(N)Cc1cnn(C2CCCC2)c1. The normalized spacial score (nSPS) is 20.1. The molecule has 0 saturated heterocycles. The maximum atomic E-state index is 5.75. The Morgan fingerprint density at radius 3 is 2.93 bits per heavy atom. The minimum absolute atomic E-state index is 0.233. The van der Waals surface area contributed by atoms with Gasteiger partial charge in [0.05, 0.1) is 12.2 Å². The lowest BCUT2D eigenvalue weighted by atomic mass is 10.1. The molecule has 0 aliphatic heterocycles. The molecule has 2 N–H and O–H groups in total. The van der Waals surface area contributed by atoms with Crippen molar-refractivity contribution in [2.75, 3.05) is 0 Å². The molecule has 1 aliphatic rings. The summed E-state index contributed by atoms with van der Waals surface area (Å²) < 4.78 is 2.13. The maximum absolute atomic E-state index is 5.75. The van der Waals surface area contributed by atoms with Gasteiger partial charge in [0, 0.05) is 12.2 Å². The molecular formula is C11H19N3. The van der Waals surface area contributed by atoms with E-state index < -0.39 is 0 Å². The highest BCUT2D eigenvalue weighted by Crippen LogP contribution is 2.28. The van der Waals surface area contributed by atoms with Crippen molar-refractivity contribution in [3.05, 3.63) is 18.0 Å². The molecule has 1 fully saturated rings. The highest BCUT2D eigenvalue weighted by molar-refractivity contribution is 5.06. The lowest BCUT2D eigenvalue weighted by Gasteiger charge is -2.08. The first-order valence-corrected chi connectivity index (χ1v) is 5.54. The molecule has 0 aromatic carbocycles. The molecule has 1 heterocycles. The smallest absolute Gasteiger partial charge is 0.0522 e. The second-order valence-electron chi connectivity index (χ2n) is 4.45. The van der Waals surface area contributed by atoms with E-state index in [0.29, 0.717) is 6.04 Å². The van der Waals surface area contributed by atoms with Gasteiger partial charge in [0.25, 0.3) is 0 Å². The van der Waals surface area contributed by atoms with Crippen molar-refractivity contribution in [3.8, 4) is 0 Å². The summed E-state index contributed by atoms with van der Waals surface area (Å²) in [6, 6.07) is 0.882. The summed E-state index contributed by atoms with van der Waals surface area (Å²) in [6.45, 7) is 2.03. The number of hydrogen-bond donors (Lipinski definition) is 1. The van der Waals surface area contributed by atoms with Gasteiger partial charge in [-0.3, -0.25) is 4.68 Å². The Labute approximate surface area is 85.3 Å². The van der Waals surface area contributed by atoms with E-state index in [1.165, 1.54) is 31.2 Å². The zero-order valence-electron chi connectivity index (χ0n) is 8.82. The molecule has 1 saturated carbocycles. The first-order valence-electron chi connectivity index (χ1n) is 5.54. The van der Waals surface area contributed by atoms with Crippen molar-refractivity contribution in [2.24, 2.45) is 5.73 Å². The van der Waals surface area contributed by atoms with Crippen LogP contribution < -0.4 is 5.73 Å². The molecule has 3 nitrogen and oxygen atoms in total. The van der Waals surface area contributed by atoms with Gasteiger partial charge in [-0.15, -0.1) is 0 Å². The quantitative estimate of drug-likeness (QED) is 0.796. The summed E-state index contributed by atoms with van der Waals surface area (Å²) in [7, 11) is 0. The number of rotatable bonds is 3. The molecular weight excluding hydrogens is 174 g/mol. The summed E-state index contributed by atoms with van der Waals surface area (Å²) in [5, 5.41) is 4.41. The summed E-state index contributed by atoms with van der Waals surface area (Å²) >= 11 is 0. The van der Waals surface area contributed by atoms with Crippen LogP contribution in [0.1, 0.15) is 44.2 Å². The fourth-order valence-corrected chi connectivity index (χ4v) is 2.22. The monoisotopic (exact) mass is 193 g/mol. The van der Waals surface area contributed by atoms with Crippen LogP contribution >= 0.6 is 0 Å². The minimum atomic E-state index is 0.233. The van der Waals surface area contributed by atoms with Gasteiger partial charge in [-0.25, -0.2) is 0 Å². The predicted octanol–water partition coefficient (Wildman–Crippen LogP) is 1.89. The zero-order chi connectivity index (χ0) is 9.97. The van der Waals surface area contributed by atoms with Gasteiger partial charge in [0.15, 0.2) is 0 Å². The summed E-state index contributed by atoms with van der Waals surface area (Å²) in [4.78, 5) is 0. The van der Waals surface area contributed by atoms with Crippen molar-refractivity contribution in [3.63, 3.8) is 0 Å². The molecule has 1 atom stereocenters. The van der Waals surface area contributed by atoms with Gasteiger partial charge in [0.1, 0.15) is 0 Å². The molecule has 1 aliphatic carbocycles. The van der Waals surface area contributed by atoms with Gasteiger partial charge >= 0.3 is 0 Å². The number of hydrogen-bond acceptors (Lipinski definition) is 2. The van der Waals surface area contributed by atoms with Crippen LogP contribution in [-0.2, 0) is 6.42 Å². The number of nitrogens with two attached hydrogens (primary N) is 1. The summed E-state index contributed by atoms with van der Waals surface area (Å²) in [5.74, 6) is 0. The van der Waals surface area contributed by atoms with E-state index in [1.807, 2.05) is 13.1 Å². The minimum Gasteiger partial charge on any atom is -0.328 e. The lowest BCUT2D eigenvalue weighted by molar-refractivity contribution is 0.466. The highest BCUT2D eigenvalue weighted by Gasteiger charge is 2.17. The Bertz CT molecular complexity index is 284. The molecule has 1 unspecified atom stereocenters. The Morgan fingerprint density at radius 2 is 2.29 bits per heavy atom. The zero-order valence-corrected chi connectivity index (χ0v) is 8.82. The third-order valence-corrected chi connectivity index (χ3v) is 2.91. The van der Waals surface area contributed by atoms with Gasteiger partial charge in [-0.2, -0.15) is 5.10 Å². The summed E-state index contributed by atoms with van der Waals surface area (Å²) in [5.41, 5.74) is 7.02. The summed E-state index contributed by atoms with van der Waals surface area (Å²) in [6.07, 6.45) is 10.4. The van der Waals surface area contributed by atoms with Gasteiger partial charge in [-0.1, -0.05) is 12.8 Å². The van der Waals surface area contributed by atoms with Gasteiger partial charge in [0.2, 0.25) is 0 Å². The van der Waals surface area contributed by atoms with Crippen LogP contribution in [0.4, 0.5) is 0 Å². The van der Waals surface area contributed by atoms with Gasteiger partial charge in [-0.05, 0) is 31.7 Å². The van der Waals surface area contributed by atoms with E-state index in [2.05, 4.69) is 16.0 Å². The average molecular weight is 193 g/mol. The van der Waals surface area contributed by atoms with Gasteiger partial charge < -0.3 is 5.73 Å². The third-order valence-electron chi connectivity index (χ3n) is 2.91. The van der Waals surface area contributed by atoms with Crippen LogP contribution in [0, 0.1) is 0 Å². The van der Waals surface area contributed by atoms with Crippen LogP contribution in [0.3, 0.4) is 0 Å². The molecule has 0 radical (unpaired) electrons. The fraction of sp³-hybridized carbons (Fsp3) is 0.727.